The fourth-order valence-corrected chi connectivity index (χ4v) is 3.23. The van der Waals surface area contributed by atoms with E-state index in [4.69, 9.17) is 18.9 Å². The summed E-state index contributed by atoms with van der Waals surface area (Å²) in [6, 6.07) is 18.5. The van der Waals surface area contributed by atoms with Crippen molar-refractivity contribution in [1.82, 2.24) is 9.78 Å². The molecule has 3 aromatic rings. The number of carbonyl (C=O) groups is 1. The quantitative estimate of drug-likeness (QED) is 0.636. The van der Waals surface area contributed by atoms with Crippen LogP contribution >= 0.6 is 0 Å². The fraction of sp³-hybridized carbons (Fsp3) is 0.304. The van der Waals surface area contributed by atoms with Crippen LogP contribution in [0.5, 0.6) is 11.8 Å². The number of amides is 1. The number of aromatic nitrogens is 2. The fourth-order valence-electron chi connectivity index (χ4n) is 3.23. The van der Waals surface area contributed by atoms with Gasteiger partial charge in [0, 0.05) is 5.69 Å². The van der Waals surface area contributed by atoms with Crippen LogP contribution in [0.3, 0.4) is 0 Å². The summed E-state index contributed by atoms with van der Waals surface area (Å²) in [5.41, 5.74) is 1.98. The van der Waals surface area contributed by atoms with Crippen molar-refractivity contribution >= 4 is 11.8 Å². The number of ether oxygens (including phenoxy) is 4. The van der Waals surface area contributed by atoms with Crippen LogP contribution < -0.4 is 14.8 Å². The topological polar surface area (TPSA) is 83.8 Å². The Bertz CT molecular complexity index is 1030. The van der Waals surface area contributed by atoms with Crippen LogP contribution in [0.15, 0.2) is 60.7 Å². The number of para-hydroxylation sites is 2. The first-order chi connectivity index (χ1) is 14.9. The second-order valence-corrected chi connectivity index (χ2v) is 7.62. The van der Waals surface area contributed by atoms with E-state index in [1.165, 1.54) is 0 Å². The van der Waals surface area contributed by atoms with Gasteiger partial charge in [-0.05, 0) is 45.0 Å². The van der Waals surface area contributed by atoms with E-state index in [0.29, 0.717) is 23.7 Å². The second-order valence-electron chi connectivity index (χ2n) is 7.62. The third kappa shape index (κ3) is 5.04. The van der Waals surface area contributed by atoms with Crippen molar-refractivity contribution < 1.29 is 23.7 Å². The lowest BCUT2D eigenvalue weighted by molar-refractivity contribution is -0.141. The first kappa shape index (κ1) is 20.9. The molecule has 0 saturated carbocycles. The molecule has 4 rings (SSSR count). The number of benzene rings is 2. The Morgan fingerprint density at radius 3 is 2.48 bits per heavy atom. The van der Waals surface area contributed by atoms with E-state index >= 15 is 0 Å². The summed E-state index contributed by atoms with van der Waals surface area (Å²) in [7, 11) is 0. The van der Waals surface area contributed by atoms with Crippen molar-refractivity contribution in [1.29, 1.82) is 0 Å². The van der Waals surface area contributed by atoms with Crippen LogP contribution in [-0.4, -0.2) is 41.0 Å². The van der Waals surface area contributed by atoms with Gasteiger partial charge in [-0.25, -0.2) is 4.79 Å². The molecule has 1 amide bonds. The predicted molar refractivity (Wildman–Crippen MR) is 115 cm³/mol. The molecule has 1 fully saturated rings. The highest BCUT2D eigenvalue weighted by molar-refractivity contribution is 5.86. The Hall–Kier alpha value is -3.36. The molecule has 0 spiro atoms. The highest BCUT2D eigenvalue weighted by Gasteiger charge is 2.33. The smallest absolute Gasteiger partial charge is 0.418 e. The molecule has 31 heavy (non-hydrogen) atoms. The maximum atomic E-state index is 12.5. The van der Waals surface area contributed by atoms with Gasteiger partial charge in [0.15, 0.2) is 5.79 Å². The van der Waals surface area contributed by atoms with Crippen molar-refractivity contribution in [3.8, 4) is 17.4 Å². The second kappa shape index (κ2) is 8.79. The summed E-state index contributed by atoms with van der Waals surface area (Å²) in [6.45, 7) is 6.22. The van der Waals surface area contributed by atoms with Crippen molar-refractivity contribution in [2.24, 2.45) is 0 Å². The molecule has 162 valence electrons. The first-order valence-electron chi connectivity index (χ1n) is 10.0. The molecule has 8 heteroatoms. The molecule has 0 bridgehead atoms. The minimum Gasteiger partial charge on any atom is -0.473 e. The van der Waals surface area contributed by atoms with Gasteiger partial charge >= 0.3 is 6.09 Å². The van der Waals surface area contributed by atoms with Gasteiger partial charge in [0.05, 0.1) is 17.9 Å². The van der Waals surface area contributed by atoms with Gasteiger partial charge in [-0.15, -0.1) is 5.10 Å². The molecule has 1 atom stereocenters. The van der Waals surface area contributed by atoms with Gasteiger partial charge in [0.1, 0.15) is 12.7 Å². The van der Waals surface area contributed by atoms with Gasteiger partial charge in [0.25, 0.3) is 0 Å². The molecule has 2 heterocycles. The highest BCUT2D eigenvalue weighted by atomic mass is 16.7. The van der Waals surface area contributed by atoms with E-state index in [0.717, 1.165) is 5.69 Å². The van der Waals surface area contributed by atoms with Crippen molar-refractivity contribution in [3.05, 3.63) is 66.2 Å². The maximum Gasteiger partial charge on any atom is 0.418 e. The van der Waals surface area contributed by atoms with Crippen LogP contribution in [0.25, 0.3) is 5.69 Å². The van der Waals surface area contributed by atoms with Crippen LogP contribution in [0.1, 0.15) is 19.4 Å². The first-order valence-corrected chi connectivity index (χ1v) is 10.0. The zero-order chi connectivity index (χ0) is 21.8. The molecule has 1 aliphatic heterocycles. The van der Waals surface area contributed by atoms with E-state index in [9.17, 15) is 4.79 Å². The Morgan fingerprint density at radius 2 is 1.84 bits per heavy atom. The van der Waals surface area contributed by atoms with Crippen LogP contribution in [0.2, 0.25) is 0 Å². The Balaban J connectivity index is 1.55. The molecule has 1 N–H and O–H groups in total. The van der Waals surface area contributed by atoms with Crippen LogP contribution in [0, 0.1) is 6.92 Å². The number of hydrogen-bond donors (Lipinski definition) is 1. The van der Waals surface area contributed by atoms with E-state index in [1.54, 1.807) is 23.7 Å². The molecule has 1 saturated heterocycles. The number of hydrogen-bond acceptors (Lipinski definition) is 6. The third-order valence-electron chi connectivity index (χ3n) is 4.71. The third-order valence-corrected chi connectivity index (χ3v) is 4.71. The van der Waals surface area contributed by atoms with Gasteiger partial charge in [-0.2, -0.15) is 4.68 Å². The summed E-state index contributed by atoms with van der Waals surface area (Å²) >= 11 is 0. The minimum absolute atomic E-state index is 0.206. The van der Waals surface area contributed by atoms with Gasteiger partial charge in [-0.3, -0.25) is 5.32 Å². The molecule has 1 aromatic heterocycles. The standard InChI is InChI=1S/C23H25N3O5/c1-16-20(28-14-19-15-29-23(2,3)31-19)25-26(18-12-8-5-9-13-18)21(16)30-22(27)24-17-10-6-4-7-11-17/h4-13,19H,14-15H2,1-3H3,(H,24,27)/t19-/m1/s1. The molecular formula is C23H25N3O5. The summed E-state index contributed by atoms with van der Waals surface area (Å²) < 4.78 is 24.4. The van der Waals surface area contributed by atoms with Crippen molar-refractivity contribution in [3.63, 3.8) is 0 Å². The van der Waals surface area contributed by atoms with E-state index in [1.807, 2.05) is 62.4 Å². The molecule has 1 aliphatic rings. The van der Waals surface area contributed by atoms with Crippen LogP contribution in [-0.2, 0) is 9.47 Å². The van der Waals surface area contributed by atoms with E-state index < -0.39 is 11.9 Å². The largest absolute Gasteiger partial charge is 0.473 e. The minimum atomic E-state index is -0.629. The van der Waals surface area contributed by atoms with Crippen molar-refractivity contribution in [2.45, 2.75) is 32.7 Å². The summed E-state index contributed by atoms with van der Waals surface area (Å²) in [6.07, 6.45) is -0.825. The van der Waals surface area contributed by atoms with Crippen molar-refractivity contribution in [2.75, 3.05) is 18.5 Å². The zero-order valence-corrected chi connectivity index (χ0v) is 17.7. The molecule has 8 nitrogen and oxygen atoms in total. The lowest BCUT2D eigenvalue weighted by Crippen LogP contribution is -2.25. The monoisotopic (exact) mass is 423 g/mol. The average Bonchev–Trinajstić information content (AvgIpc) is 3.27. The molecule has 0 radical (unpaired) electrons. The predicted octanol–water partition coefficient (Wildman–Crippen LogP) is 4.32. The number of anilines is 1. The normalized spacial score (nSPS) is 17.3. The summed E-state index contributed by atoms with van der Waals surface area (Å²) in [5.74, 6) is 0.00854. The maximum absolute atomic E-state index is 12.5. The van der Waals surface area contributed by atoms with E-state index in [-0.39, 0.29) is 18.6 Å². The molecular weight excluding hydrogens is 398 g/mol. The van der Waals surface area contributed by atoms with Gasteiger partial charge in [0.2, 0.25) is 11.8 Å². The lowest BCUT2D eigenvalue weighted by atomic mass is 10.3. The van der Waals surface area contributed by atoms with Gasteiger partial charge in [-0.1, -0.05) is 36.4 Å². The summed E-state index contributed by atoms with van der Waals surface area (Å²) in [5, 5.41) is 7.24. The number of nitrogens with one attached hydrogen (secondary N) is 1. The highest BCUT2D eigenvalue weighted by Crippen LogP contribution is 2.31. The number of carbonyl (C=O) groups excluding carboxylic acids is 1. The number of nitrogens with zero attached hydrogens (tertiary/aromatic N) is 2. The summed E-state index contributed by atoms with van der Waals surface area (Å²) in [4.78, 5) is 12.5. The molecule has 0 aliphatic carbocycles. The SMILES string of the molecule is Cc1c(OC[C@@H]2COC(C)(C)O2)nn(-c2ccccc2)c1OC(=O)Nc1ccccc1. The van der Waals surface area contributed by atoms with Crippen LogP contribution in [0.4, 0.5) is 10.5 Å². The lowest BCUT2D eigenvalue weighted by Gasteiger charge is -2.16. The van der Waals surface area contributed by atoms with Gasteiger partial charge < -0.3 is 18.9 Å². The molecule has 2 aromatic carbocycles. The molecule has 0 unspecified atom stereocenters. The zero-order valence-electron chi connectivity index (χ0n) is 17.7. The average molecular weight is 423 g/mol. The number of rotatable bonds is 6. The Labute approximate surface area is 180 Å². The van der Waals surface area contributed by atoms with E-state index in [2.05, 4.69) is 10.4 Å². The Morgan fingerprint density at radius 1 is 1.16 bits per heavy atom. The Kier molecular flexibility index (Phi) is 5.92.